The van der Waals surface area contributed by atoms with Gasteiger partial charge >= 0.3 is 5.97 Å². The molecule has 1 aromatic carbocycles. The fraction of sp³-hybridized carbons (Fsp3) is 0.393. The summed E-state index contributed by atoms with van der Waals surface area (Å²) < 4.78 is 10.5. The lowest BCUT2D eigenvalue weighted by Gasteiger charge is -2.23. The summed E-state index contributed by atoms with van der Waals surface area (Å²) in [5.74, 6) is 0.111. The van der Waals surface area contributed by atoms with Gasteiger partial charge in [0.05, 0.1) is 36.4 Å². The highest BCUT2D eigenvalue weighted by atomic mass is 16.6. The number of nitrogens with one attached hydrogen (secondary N) is 1. The van der Waals surface area contributed by atoms with Crippen LogP contribution in [0.3, 0.4) is 0 Å². The summed E-state index contributed by atoms with van der Waals surface area (Å²) in [5, 5.41) is 15.1. The number of benzene rings is 1. The molecule has 0 radical (unpaired) electrons. The number of nitro benzene ring substituents is 1. The van der Waals surface area contributed by atoms with Gasteiger partial charge in [0.25, 0.3) is 5.69 Å². The van der Waals surface area contributed by atoms with Gasteiger partial charge < -0.3 is 24.6 Å². The zero-order valence-electron chi connectivity index (χ0n) is 23.5. The number of rotatable bonds is 11. The van der Waals surface area contributed by atoms with E-state index >= 15 is 0 Å². The Hall–Kier alpha value is -4.25. The maximum atomic E-state index is 12.0. The lowest BCUT2D eigenvalue weighted by Crippen LogP contribution is -2.28. The van der Waals surface area contributed by atoms with Crippen LogP contribution in [0.1, 0.15) is 26.0 Å². The maximum absolute atomic E-state index is 12.0. The van der Waals surface area contributed by atoms with Gasteiger partial charge in [-0.2, -0.15) is 0 Å². The maximum Gasteiger partial charge on any atom is 0.312 e. The summed E-state index contributed by atoms with van der Waals surface area (Å²) in [6.45, 7) is 5.24. The van der Waals surface area contributed by atoms with Crippen LogP contribution in [0.15, 0.2) is 53.8 Å². The van der Waals surface area contributed by atoms with Gasteiger partial charge in [-0.1, -0.05) is 23.8 Å². The molecule has 1 aliphatic rings. The van der Waals surface area contributed by atoms with Crippen LogP contribution in [-0.4, -0.2) is 74.2 Å². The molecule has 0 spiro atoms. The monoisotopic (exact) mass is 536 g/mol. The number of hydrogen-bond acceptors (Lipinski definition) is 10. The van der Waals surface area contributed by atoms with Crippen molar-refractivity contribution in [3.63, 3.8) is 0 Å². The van der Waals surface area contributed by atoms with Crippen LogP contribution < -0.4 is 15.0 Å². The van der Waals surface area contributed by atoms with Crippen LogP contribution in [0.25, 0.3) is 5.57 Å². The molecule has 208 valence electrons. The highest BCUT2D eigenvalue weighted by Crippen LogP contribution is 2.39. The number of anilines is 3. The molecular formula is C28H36N6O5. The summed E-state index contributed by atoms with van der Waals surface area (Å²) in [4.78, 5) is 36.4. The van der Waals surface area contributed by atoms with E-state index in [4.69, 9.17) is 9.47 Å². The molecule has 39 heavy (non-hydrogen) atoms. The molecule has 0 fully saturated rings. The van der Waals surface area contributed by atoms with Crippen LogP contribution in [0.4, 0.5) is 23.0 Å². The Kier molecular flexibility index (Phi) is 9.78. The number of carbonyl (C=O) groups is 1. The molecule has 11 heteroatoms. The first-order valence-corrected chi connectivity index (χ1v) is 12.5. The molecular weight excluding hydrogens is 500 g/mol. The number of hydrogen-bond donors (Lipinski definition) is 1. The minimum Gasteiger partial charge on any atom is -0.494 e. The molecule has 1 atom stereocenters. The van der Waals surface area contributed by atoms with Crippen molar-refractivity contribution in [1.82, 2.24) is 14.9 Å². The molecule has 0 bridgehead atoms. The molecule has 1 aliphatic carbocycles. The summed E-state index contributed by atoms with van der Waals surface area (Å²) in [5.41, 5.74) is 4.33. The summed E-state index contributed by atoms with van der Waals surface area (Å²) in [6.07, 6.45) is 7.90. The lowest BCUT2D eigenvalue weighted by atomic mass is 9.86. The zero-order chi connectivity index (χ0) is 28.7. The lowest BCUT2D eigenvalue weighted by molar-refractivity contribution is -0.384. The smallest absolute Gasteiger partial charge is 0.312 e. The van der Waals surface area contributed by atoms with Gasteiger partial charge in [0.15, 0.2) is 0 Å². The predicted molar refractivity (Wildman–Crippen MR) is 152 cm³/mol. The second-order valence-corrected chi connectivity index (χ2v) is 9.50. The molecule has 0 saturated heterocycles. The first-order valence-electron chi connectivity index (χ1n) is 12.5. The fourth-order valence-electron chi connectivity index (χ4n) is 4.37. The Labute approximate surface area is 229 Å². The molecule has 3 rings (SSSR count). The first kappa shape index (κ1) is 29.3. The molecule has 0 saturated carbocycles. The van der Waals surface area contributed by atoms with Gasteiger partial charge in [-0.3, -0.25) is 14.9 Å². The van der Waals surface area contributed by atoms with E-state index in [1.54, 1.807) is 18.3 Å². The highest BCUT2D eigenvalue weighted by molar-refractivity contribution is 5.84. The van der Waals surface area contributed by atoms with Crippen molar-refractivity contribution in [1.29, 1.82) is 0 Å². The van der Waals surface area contributed by atoms with E-state index in [1.807, 2.05) is 63.0 Å². The number of carbonyl (C=O) groups excluding carboxylic acids is 1. The Morgan fingerprint density at radius 1 is 1.26 bits per heavy atom. The standard InChI is InChI=1S/C28H36N6O5/c1-8-20(21-10-9-19(15-18(21)2)27(35)39-7)22-11-12-29-28(30-22)31-23-16-25(34(36)37)24(17-26(23)38-6)33(5)14-13-32(3)4/h8-12,16-17,19H,13-15H2,1-7H3,(H,29,30,31)/b20-8+. The molecule has 0 amide bonds. The van der Waals surface area contributed by atoms with Crippen LogP contribution in [0.2, 0.25) is 0 Å². The molecule has 0 aliphatic heterocycles. The van der Waals surface area contributed by atoms with E-state index < -0.39 is 4.92 Å². The van der Waals surface area contributed by atoms with E-state index in [2.05, 4.69) is 15.3 Å². The van der Waals surface area contributed by atoms with E-state index in [1.165, 1.54) is 20.3 Å². The van der Waals surface area contributed by atoms with Crippen molar-refractivity contribution < 1.29 is 19.2 Å². The van der Waals surface area contributed by atoms with Gasteiger partial charge in [0.1, 0.15) is 11.4 Å². The molecule has 11 nitrogen and oxygen atoms in total. The topological polar surface area (TPSA) is 123 Å². The average Bonchev–Trinajstić information content (AvgIpc) is 2.92. The second-order valence-electron chi connectivity index (χ2n) is 9.50. The van der Waals surface area contributed by atoms with Crippen LogP contribution in [-0.2, 0) is 9.53 Å². The van der Waals surface area contributed by atoms with E-state index in [0.29, 0.717) is 35.8 Å². The third-order valence-corrected chi connectivity index (χ3v) is 6.53. The fourth-order valence-corrected chi connectivity index (χ4v) is 4.37. The second kappa shape index (κ2) is 13.0. The third kappa shape index (κ3) is 6.99. The largest absolute Gasteiger partial charge is 0.494 e. The number of ether oxygens (including phenoxy) is 2. The van der Waals surface area contributed by atoms with Crippen molar-refractivity contribution in [2.75, 3.05) is 58.7 Å². The van der Waals surface area contributed by atoms with Gasteiger partial charge in [0, 0.05) is 44.0 Å². The van der Waals surface area contributed by atoms with Gasteiger partial charge in [-0.25, -0.2) is 9.97 Å². The number of nitrogens with zero attached hydrogens (tertiary/aromatic N) is 5. The quantitative estimate of drug-likeness (QED) is 0.247. The van der Waals surface area contributed by atoms with Gasteiger partial charge in [-0.15, -0.1) is 0 Å². The van der Waals surface area contributed by atoms with Gasteiger partial charge in [0.2, 0.25) is 5.95 Å². The van der Waals surface area contributed by atoms with Crippen molar-refractivity contribution >= 4 is 34.6 Å². The van der Waals surface area contributed by atoms with E-state index in [-0.39, 0.29) is 23.5 Å². The zero-order valence-corrected chi connectivity index (χ0v) is 23.5. The highest BCUT2D eigenvalue weighted by Gasteiger charge is 2.24. The van der Waals surface area contributed by atoms with E-state index in [9.17, 15) is 14.9 Å². The molecule has 1 heterocycles. The number of allylic oxidation sites excluding steroid dienone is 5. The Balaban J connectivity index is 1.93. The summed E-state index contributed by atoms with van der Waals surface area (Å²) >= 11 is 0. The van der Waals surface area contributed by atoms with Crippen molar-refractivity contribution in [2.45, 2.75) is 20.3 Å². The Morgan fingerprint density at radius 2 is 2.00 bits per heavy atom. The Morgan fingerprint density at radius 3 is 2.59 bits per heavy atom. The number of aromatic nitrogens is 2. The molecule has 2 aromatic rings. The van der Waals surface area contributed by atoms with Gasteiger partial charge in [-0.05, 0) is 46.0 Å². The first-order chi connectivity index (χ1) is 18.6. The minimum absolute atomic E-state index is 0.0573. The number of methoxy groups -OCH3 is 2. The predicted octanol–water partition coefficient (Wildman–Crippen LogP) is 4.60. The Bertz CT molecular complexity index is 1320. The third-order valence-electron chi connectivity index (χ3n) is 6.53. The van der Waals surface area contributed by atoms with Crippen LogP contribution >= 0.6 is 0 Å². The SMILES string of the molecule is C/C=C(\C1=C(C)CC(C(=O)OC)C=C1)c1ccnc(Nc2cc([N+](=O)[O-])c(N(C)CCN(C)C)cc2OC)n1. The average molecular weight is 537 g/mol. The molecule has 1 aromatic heterocycles. The number of nitro groups is 1. The van der Waals surface area contributed by atoms with Crippen molar-refractivity contribution in [2.24, 2.45) is 5.92 Å². The van der Waals surface area contributed by atoms with Crippen LogP contribution in [0.5, 0.6) is 5.75 Å². The number of esters is 1. The summed E-state index contributed by atoms with van der Waals surface area (Å²) in [7, 11) is 8.61. The number of likely N-dealkylation sites (N-methyl/N-ethyl adjacent to an activating group) is 2. The minimum atomic E-state index is -0.409. The van der Waals surface area contributed by atoms with Crippen molar-refractivity contribution in [3.8, 4) is 5.75 Å². The molecule has 1 unspecified atom stereocenters. The van der Waals surface area contributed by atoms with E-state index in [0.717, 1.165) is 23.3 Å². The molecule has 1 N–H and O–H groups in total. The normalized spacial score (nSPS) is 15.4. The van der Waals surface area contributed by atoms with Crippen molar-refractivity contribution in [3.05, 3.63) is 69.6 Å². The van der Waals surface area contributed by atoms with Crippen LogP contribution in [0, 0.1) is 16.0 Å². The summed E-state index contributed by atoms with van der Waals surface area (Å²) in [6, 6.07) is 4.88.